The van der Waals surface area contributed by atoms with E-state index >= 15 is 0 Å². The van der Waals surface area contributed by atoms with Gasteiger partial charge in [0.25, 0.3) is 0 Å². The molecule has 18 heavy (non-hydrogen) atoms. The molecule has 1 aliphatic carbocycles. The molecule has 1 nitrogen and oxygen atoms in total. The molecule has 0 saturated heterocycles. The zero-order valence-electron chi connectivity index (χ0n) is 11.4. The molecule has 0 radical (unpaired) electrons. The van der Waals surface area contributed by atoms with Crippen molar-refractivity contribution in [2.24, 2.45) is 0 Å². The van der Waals surface area contributed by atoms with E-state index in [1.165, 1.54) is 37.7 Å². The van der Waals surface area contributed by atoms with Gasteiger partial charge in [-0.25, -0.2) is 0 Å². The van der Waals surface area contributed by atoms with E-state index in [0.717, 1.165) is 12.8 Å². The van der Waals surface area contributed by atoms with Crippen LogP contribution in [0.15, 0.2) is 42.0 Å². The summed E-state index contributed by atoms with van der Waals surface area (Å²) >= 11 is 0. The summed E-state index contributed by atoms with van der Waals surface area (Å²) in [6.45, 7) is 0. The molecule has 0 bridgehead atoms. The Hall–Kier alpha value is -1.08. The van der Waals surface area contributed by atoms with Crippen LogP contribution in [0.25, 0.3) is 0 Å². The van der Waals surface area contributed by atoms with Crippen LogP contribution in [0.5, 0.6) is 0 Å². The third-order valence-electron chi connectivity index (χ3n) is 3.81. The predicted molar refractivity (Wildman–Crippen MR) is 76.7 cm³/mol. The van der Waals surface area contributed by atoms with Crippen LogP contribution in [0.2, 0.25) is 0 Å². The van der Waals surface area contributed by atoms with Crippen molar-refractivity contribution in [2.75, 3.05) is 7.11 Å². The third-order valence-corrected chi connectivity index (χ3v) is 3.81. The number of allylic oxidation sites excluding steroid dienone is 2. The highest BCUT2D eigenvalue weighted by molar-refractivity contribution is 5.15. The predicted octanol–water partition coefficient (Wildman–Crippen LogP) is 4.52. The standard InChI is InChI=1S/C17H24O/c1-18-17(14-16-10-6-3-7-11-16)13-12-15-8-4-2-5-9-15/h3,6-8,10-11,17H,2,4-5,9,12-14H2,1H3. The largest absolute Gasteiger partial charge is 0.381 e. The SMILES string of the molecule is COC(CCC1=CCCCC1)Cc1ccccc1. The molecule has 98 valence electrons. The lowest BCUT2D eigenvalue weighted by Gasteiger charge is -2.18. The number of methoxy groups -OCH3 is 1. The van der Waals surface area contributed by atoms with Gasteiger partial charge in [0, 0.05) is 7.11 Å². The Labute approximate surface area is 111 Å². The van der Waals surface area contributed by atoms with E-state index in [0.29, 0.717) is 6.10 Å². The van der Waals surface area contributed by atoms with E-state index in [1.807, 2.05) is 7.11 Å². The Bertz CT molecular complexity index is 366. The minimum Gasteiger partial charge on any atom is -0.381 e. The summed E-state index contributed by atoms with van der Waals surface area (Å²) < 4.78 is 5.62. The van der Waals surface area contributed by atoms with E-state index in [2.05, 4.69) is 36.4 Å². The van der Waals surface area contributed by atoms with E-state index in [9.17, 15) is 0 Å². The minimum atomic E-state index is 0.357. The van der Waals surface area contributed by atoms with Crippen LogP contribution in [0.3, 0.4) is 0 Å². The molecule has 0 spiro atoms. The number of rotatable bonds is 6. The third kappa shape index (κ3) is 4.30. The van der Waals surface area contributed by atoms with Gasteiger partial charge in [-0.3, -0.25) is 0 Å². The van der Waals surface area contributed by atoms with Gasteiger partial charge in [0.05, 0.1) is 6.10 Å². The van der Waals surface area contributed by atoms with Crippen molar-refractivity contribution in [2.45, 2.75) is 51.0 Å². The van der Waals surface area contributed by atoms with E-state index in [4.69, 9.17) is 4.74 Å². The van der Waals surface area contributed by atoms with Crippen LogP contribution in [0, 0.1) is 0 Å². The van der Waals surface area contributed by atoms with Crippen molar-refractivity contribution < 1.29 is 4.74 Å². The topological polar surface area (TPSA) is 9.23 Å². The molecular weight excluding hydrogens is 220 g/mol. The lowest BCUT2D eigenvalue weighted by Crippen LogP contribution is -2.14. The minimum absolute atomic E-state index is 0.357. The fourth-order valence-corrected chi connectivity index (χ4v) is 2.66. The first-order valence-corrected chi connectivity index (χ1v) is 7.13. The molecule has 0 amide bonds. The van der Waals surface area contributed by atoms with Gasteiger partial charge in [0.15, 0.2) is 0 Å². The van der Waals surface area contributed by atoms with Crippen molar-refractivity contribution in [3.63, 3.8) is 0 Å². The highest BCUT2D eigenvalue weighted by Crippen LogP contribution is 2.23. The highest BCUT2D eigenvalue weighted by Gasteiger charge is 2.11. The number of benzene rings is 1. The van der Waals surface area contributed by atoms with Crippen molar-refractivity contribution >= 4 is 0 Å². The normalized spacial score (nSPS) is 17.3. The van der Waals surface area contributed by atoms with E-state index in [-0.39, 0.29) is 0 Å². The highest BCUT2D eigenvalue weighted by atomic mass is 16.5. The van der Waals surface area contributed by atoms with E-state index < -0.39 is 0 Å². The van der Waals surface area contributed by atoms with E-state index in [1.54, 1.807) is 5.57 Å². The van der Waals surface area contributed by atoms with Crippen LogP contribution in [-0.4, -0.2) is 13.2 Å². The summed E-state index contributed by atoms with van der Waals surface area (Å²) in [5.41, 5.74) is 3.03. The maximum absolute atomic E-state index is 5.62. The summed E-state index contributed by atoms with van der Waals surface area (Å²) in [5, 5.41) is 0. The van der Waals surface area contributed by atoms with Crippen LogP contribution in [-0.2, 0) is 11.2 Å². The van der Waals surface area contributed by atoms with Crippen LogP contribution >= 0.6 is 0 Å². The quantitative estimate of drug-likeness (QED) is 0.668. The molecule has 0 N–H and O–H groups in total. The maximum Gasteiger partial charge on any atom is 0.0614 e. The average Bonchev–Trinajstić information content (AvgIpc) is 2.45. The smallest absolute Gasteiger partial charge is 0.0614 e. The molecule has 1 aromatic rings. The molecule has 1 heteroatoms. The second kappa shape index (κ2) is 7.38. The molecule has 1 atom stereocenters. The van der Waals surface area contributed by atoms with Crippen molar-refractivity contribution in [1.29, 1.82) is 0 Å². The maximum atomic E-state index is 5.62. The monoisotopic (exact) mass is 244 g/mol. The molecule has 0 heterocycles. The Morgan fingerprint density at radius 2 is 2.00 bits per heavy atom. The molecule has 0 aromatic heterocycles. The first-order valence-electron chi connectivity index (χ1n) is 7.13. The number of ether oxygens (including phenoxy) is 1. The first-order chi connectivity index (χ1) is 8.88. The summed E-state index contributed by atoms with van der Waals surface area (Å²) in [5.74, 6) is 0. The number of hydrogen-bond donors (Lipinski definition) is 0. The second-order valence-corrected chi connectivity index (χ2v) is 5.19. The zero-order chi connectivity index (χ0) is 12.6. The molecule has 0 fully saturated rings. The summed E-state index contributed by atoms with van der Waals surface area (Å²) in [4.78, 5) is 0. The Morgan fingerprint density at radius 3 is 2.67 bits per heavy atom. The van der Waals surface area contributed by atoms with Gasteiger partial charge in [-0.05, 0) is 50.5 Å². The lowest BCUT2D eigenvalue weighted by atomic mass is 9.94. The second-order valence-electron chi connectivity index (χ2n) is 5.19. The van der Waals surface area contributed by atoms with Gasteiger partial charge in [0.1, 0.15) is 0 Å². The van der Waals surface area contributed by atoms with Gasteiger partial charge in [0.2, 0.25) is 0 Å². The van der Waals surface area contributed by atoms with Crippen LogP contribution in [0.1, 0.15) is 44.1 Å². The molecule has 1 aromatic carbocycles. The van der Waals surface area contributed by atoms with Crippen LogP contribution in [0.4, 0.5) is 0 Å². The van der Waals surface area contributed by atoms with Crippen molar-refractivity contribution in [3.8, 4) is 0 Å². The fourth-order valence-electron chi connectivity index (χ4n) is 2.66. The Kier molecular flexibility index (Phi) is 5.47. The van der Waals surface area contributed by atoms with Crippen molar-refractivity contribution in [1.82, 2.24) is 0 Å². The van der Waals surface area contributed by atoms with Crippen molar-refractivity contribution in [3.05, 3.63) is 47.5 Å². The lowest BCUT2D eigenvalue weighted by molar-refractivity contribution is 0.0955. The summed E-state index contributed by atoms with van der Waals surface area (Å²) in [7, 11) is 1.84. The van der Waals surface area contributed by atoms with Gasteiger partial charge in [-0.15, -0.1) is 0 Å². The van der Waals surface area contributed by atoms with Gasteiger partial charge < -0.3 is 4.74 Å². The number of hydrogen-bond acceptors (Lipinski definition) is 1. The molecule has 0 saturated carbocycles. The molecule has 1 aliphatic rings. The summed E-state index contributed by atoms with van der Waals surface area (Å²) in [6, 6.07) is 10.6. The van der Waals surface area contributed by atoms with Crippen LogP contribution < -0.4 is 0 Å². The molecule has 1 unspecified atom stereocenters. The first kappa shape index (κ1) is 13.4. The fraction of sp³-hybridized carbons (Fsp3) is 0.529. The summed E-state index contributed by atoms with van der Waals surface area (Å²) in [6.07, 6.45) is 11.5. The van der Waals surface area contributed by atoms with Gasteiger partial charge in [-0.1, -0.05) is 42.0 Å². The van der Waals surface area contributed by atoms with Gasteiger partial charge in [-0.2, -0.15) is 0 Å². The zero-order valence-corrected chi connectivity index (χ0v) is 11.4. The average molecular weight is 244 g/mol. The molecular formula is C17H24O. The Morgan fingerprint density at radius 1 is 1.17 bits per heavy atom. The van der Waals surface area contributed by atoms with Gasteiger partial charge >= 0.3 is 0 Å². The molecule has 0 aliphatic heterocycles. The Balaban J connectivity index is 1.80. The molecule has 2 rings (SSSR count).